The number of carbonyl (C=O) groups is 2. The van der Waals surface area contributed by atoms with Gasteiger partial charge in [0, 0.05) is 12.0 Å². The highest BCUT2D eigenvalue weighted by Crippen LogP contribution is 2.17. The Morgan fingerprint density at radius 3 is 2.48 bits per heavy atom. The summed E-state index contributed by atoms with van der Waals surface area (Å²) in [6.45, 7) is 6.22. The Bertz CT molecular complexity index is 367. The van der Waals surface area contributed by atoms with E-state index in [-0.39, 0.29) is 24.0 Å². The highest BCUT2D eigenvalue weighted by molar-refractivity contribution is 5.96. The topological polar surface area (TPSA) is 62.6 Å². The molecule has 2 fully saturated rings. The predicted molar refractivity (Wildman–Crippen MR) is 82.1 cm³/mol. The van der Waals surface area contributed by atoms with Crippen molar-refractivity contribution in [3.63, 3.8) is 0 Å². The van der Waals surface area contributed by atoms with Crippen molar-refractivity contribution in [1.82, 2.24) is 10.6 Å². The average molecular weight is 296 g/mol. The van der Waals surface area contributed by atoms with Gasteiger partial charge in [0.2, 0.25) is 0 Å². The molecule has 2 aliphatic rings. The van der Waals surface area contributed by atoms with Gasteiger partial charge in [0.15, 0.2) is 6.04 Å². The van der Waals surface area contributed by atoms with Crippen LogP contribution in [0.5, 0.6) is 0 Å². The molecule has 0 bridgehead atoms. The summed E-state index contributed by atoms with van der Waals surface area (Å²) in [4.78, 5) is 25.4. The van der Waals surface area contributed by atoms with Gasteiger partial charge in [-0.1, -0.05) is 26.2 Å². The van der Waals surface area contributed by atoms with Gasteiger partial charge in [0.1, 0.15) is 0 Å². The minimum atomic E-state index is -0.316. The van der Waals surface area contributed by atoms with Crippen LogP contribution in [-0.4, -0.2) is 37.1 Å². The summed E-state index contributed by atoms with van der Waals surface area (Å²) in [5, 5.41) is 5.47. The third-order valence-corrected chi connectivity index (χ3v) is 4.99. The average Bonchev–Trinajstić information content (AvgIpc) is 2.47. The minimum Gasteiger partial charge on any atom is -0.335 e. The van der Waals surface area contributed by atoms with Crippen molar-refractivity contribution in [2.45, 2.75) is 70.9 Å². The number of quaternary nitrogens is 1. The molecular formula is C16H30N3O2+. The van der Waals surface area contributed by atoms with Crippen LogP contribution >= 0.6 is 0 Å². The Labute approximate surface area is 127 Å². The molecule has 1 heterocycles. The molecule has 3 N–H and O–H groups in total. The van der Waals surface area contributed by atoms with E-state index >= 15 is 0 Å². The van der Waals surface area contributed by atoms with Crippen LogP contribution in [0.4, 0.5) is 4.79 Å². The van der Waals surface area contributed by atoms with E-state index in [0.29, 0.717) is 5.92 Å². The fourth-order valence-corrected chi connectivity index (χ4v) is 3.60. The van der Waals surface area contributed by atoms with Crippen molar-refractivity contribution in [2.24, 2.45) is 5.92 Å². The molecule has 120 valence electrons. The molecule has 2 rings (SSSR count). The van der Waals surface area contributed by atoms with Gasteiger partial charge >= 0.3 is 6.03 Å². The lowest BCUT2D eigenvalue weighted by molar-refractivity contribution is -0.922. The van der Waals surface area contributed by atoms with Gasteiger partial charge < -0.3 is 10.2 Å². The number of urea groups is 1. The molecule has 0 aromatic heterocycles. The highest BCUT2D eigenvalue weighted by atomic mass is 16.2. The van der Waals surface area contributed by atoms with Crippen LogP contribution in [0.15, 0.2) is 0 Å². The first-order valence-electron chi connectivity index (χ1n) is 8.52. The van der Waals surface area contributed by atoms with Crippen molar-refractivity contribution >= 4 is 11.9 Å². The van der Waals surface area contributed by atoms with E-state index in [1.165, 1.54) is 37.0 Å². The van der Waals surface area contributed by atoms with Crippen molar-refractivity contribution in [3.05, 3.63) is 0 Å². The summed E-state index contributed by atoms with van der Waals surface area (Å²) in [6.07, 6.45) is 8.09. The number of carbonyl (C=O) groups excluding carboxylic acids is 2. The molecule has 5 nitrogen and oxygen atoms in total. The molecule has 0 spiro atoms. The monoisotopic (exact) mass is 296 g/mol. The molecule has 0 aromatic carbocycles. The lowest BCUT2D eigenvalue weighted by Crippen LogP contribution is -3.18. The third-order valence-electron chi connectivity index (χ3n) is 4.99. The fourth-order valence-electron chi connectivity index (χ4n) is 3.60. The van der Waals surface area contributed by atoms with Gasteiger partial charge in [-0.3, -0.25) is 10.1 Å². The second-order valence-electron chi connectivity index (χ2n) is 6.88. The smallest absolute Gasteiger partial charge is 0.321 e. The second-order valence-corrected chi connectivity index (χ2v) is 6.88. The van der Waals surface area contributed by atoms with Crippen LogP contribution in [0.2, 0.25) is 0 Å². The zero-order valence-corrected chi connectivity index (χ0v) is 13.4. The Kier molecular flexibility index (Phi) is 6.03. The molecule has 1 aliphatic heterocycles. The molecule has 0 aromatic rings. The highest BCUT2D eigenvalue weighted by Gasteiger charge is 2.30. The van der Waals surface area contributed by atoms with Gasteiger partial charge in [-0.2, -0.15) is 0 Å². The molecule has 3 amide bonds. The number of nitrogens with one attached hydrogen (secondary N) is 3. The Morgan fingerprint density at radius 1 is 1.10 bits per heavy atom. The second kappa shape index (κ2) is 7.78. The Balaban J connectivity index is 1.75. The summed E-state index contributed by atoms with van der Waals surface area (Å²) in [7, 11) is 0. The van der Waals surface area contributed by atoms with Crippen molar-refractivity contribution in [1.29, 1.82) is 0 Å². The SMILES string of the molecule is C[C@H]1CCC[NH+]([C@@H](C)C(=O)NC(=O)NC2CCCCC2)C1. The van der Waals surface area contributed by atoms with Gasteiger partial charge in [0.25, 0.3) is 5.91 Å². The quantitative estimate of drug-likeness (QED) is 0.723. The standard InChI is InChI=1S/C16H29N3O2/c1-12-7-6-10-19(11-12)13(2)15(20)18-16(21)17-14-8-4-3-5-9-14/h12-14H,3-11H2,1-2H3,(H2,17,18,20,21)/p+1/t12-,13-/m0/s1. The number of hydrogen-bond acceptors (Lipinski definition) is 2. The Hall–Kier alpha value is -1.10. The third kappa shape index (κ3) is 4.99. The van der Waals surface area contributed by atoms with E-state index in [1.807, 2.05) is 6.92 Å². The number of imide groups is 1. The molecule has 3 atom stereocenters. The van der Waals surface area contributed by atoms with Crippen LogP contribution in [-0.2, 0) is 4.79 Å². The van der Waals surface area contributed by atoms with Crippen LogP contribution in [0.25, 0.3) is 0 Å². The normalized spacial score (nSPS) is 28.7. The van der Waals surface area contributed by atoms with E-state index < -0.39 is 0 Å². The molecule has 0 radical (unpaired) electrons. The molecule has 1 aliphatic carbocycles. The van der Waals surface area contributed by atoms with E-state index in [0.717, 1.165) is 25.9 Å². The first-order valence-corrected chi connectivity index (χ1v) is 8.52. The number of amides is 3. The van der Waals surface area contributed by atoms with Crippen LogP contribution < -0.4 is 15.5 Å². The largest absolute Gasteiger partial charge is 0.335 e. The molecule has 5 heteroatoms. The zero-order valence-electron chi connectivity index (χ0n) is 13.4. The van der Waals surface area contributed by atoms with Crippen molar-refractivity contribution in [3.8, 4) is 0 Å². The summed E-state index contributed by atoms with van der Waals surface area (Å²) in [6, 6.07) is -0.225. The van der Waals surface area contributed by atoms with Crippen LogP contribution in [0, 0.1) is 5.92 Å². The van der Waals surface area contributed by atoms with Gasteiger partial charge in [0.05, 0.1) is 13.1 Å². The lowest BCUT2D eigenvalue weighted by Gasteiger charge is -2.31. The molecule has 1 saturated carbocycles. The molecular weight excluding hydrogens is 266 g/mol. The minimum absolute atomic E-state index is 0.146. The lowest BCUT2D eigenvalue weighted by atomic mass is 9.96. The van der Waals surface area contributed by atoms with Crippen molar-refractivity contribution < 1.29 is 14.5 Å². The maximum Gasteiger partial charge on any atom is 0.321 e. The number of rotatable bonds is 3. The maximum atomic E-state index is 12.2. The van der Waals surface area contributed by atoms with Crippen LogP contribution in [0.1, 0.15) is 58.8 Å². The number of piperidine rings is 1. The number of likely N-dealkylation sites (tertiary alicyclic amines) is 1. The molecule has 1 unspecified atom stereocenters. The fraction of sp³-hybridized carbons (Fsp3) is 0.875. The summed E-state index contributed by atoms with van der Waals surface area (Å²) >= 11 is 0. The molecule has 1 saturated heterocycles. The maximum absolute atomic E-state index is 12.2. The molecule has 21 heavy (non-hydrogen) atoms. The predicted octanol–water partition coefficient (Wildman–Crippen LogP) is 0.848. The van der Waals surface area contributed by atoms with Gasteiger partial charge in [-0.05, 0) is 32.6 Å². The number of hydrogen-bond donors (Lipinski definition) is 3. The van der Waals surface area contributed by atoms with E-state index in [2.05, 4.69) is 17.6 Å². The first-order chi connectivity index (χ1) is 10.1. The van der Waals surface area contributed by atoms with Crippen molar-refractivity contribution in [2.75, 3.05) is 13.1 Å². The summed E-state index contributed by atoms with van der Waals surface area (Å²) < 4.78 is 0. The van der Waals surface area contributed by atoms with E-state index in [1.54, 1.807) is 0 Å². The van der Waals surface area contributed by atoms with E-state index in [4.69, 9.17) is 0 Å². The van der Waals surface area contributed by atoms with Gasteiger partial charge in [-0.15, -0.1) is 0 Å². The first kappa shape index (κ1) is 16.3. The van der Waals surface area contributed by atoms with Crippen LogP contribution in [0.3, 0.4) is 0 Å². The summed E-state index contributed by atoms with van der Waals surface area (Å²) in [5.41, 5.74) is 0. The van der Waals surface area contributed by atoms with E-state index in [9.17, 15) is 9.59 Å². The van der Waals surface area contributed by atoms with Gasteiger partial charge in [-0.25, -0.2) is 4.79 Å². The zero-order chi connectivity index (χ0) is 15.2. The summed E-state index contributed by atoms with van der Waals surface area (Å²) in [5.74, 6) is 0.521. The Morgan fingerprint density at radius 2 is 1.81 bits per heavy atom.